The number of aromatic nitrogens is 2. The maximum absolute atomic E-state index is 13.4. The molecular formula is C35H41N5O5S. The summed E-state index contributed by atoms with van der Waals surface area (Å²) in [7, 11) is -2.59. The van der Waals surface area contributed by atoms with E-state index in [4.69, 9.17) is 9.84 Å². The molecule has 5 rings (SSSR count). The number of sulfonamides is 1. The second kappa shape index (κ2) is 13.5. The van der Waals surface area contributed by atoms with Gasteiger partial charge in [0.05, 0.1) is 29.0 Å². The first-order chi connectivity index (χ1) is 21.8. The molecule has 1 fully saturated rings. The number of ether oxygens (including phenoxy) is 1. The molecule has 2 amide bonds. The molecule has 0 spiro atoms. The molecule has 0 unspecified atom stereocenters. The monoisotopic (exact) mass is 643 g/mol. The molecular weight excluding hydrogens is 602 g/mol. The summed E-state index contributed by atoms with van der Waals surface area (Å²) in [6, 6.07) is 23.4. The van der Waals surface area contributed by atoms with Crippen LogP contribution in [0, 0.1) is 12.8 Å². The normalized spacial score (nSPS) is 14.5. The van der Waals surface area contributed by atoms with Crippen LogP contribution in [-0.4, -0.2) is 54.7 Å². The van der Waals surface area contributed by atoms with Crippen LogP contribution >= 0.6 is 0 Å². The van der Waals surface area contributed by atoms with Crippen molar-refractivity contribution in [1.29, 1.82) is 0 Å². The molecule has 1 aromatic heterocycles. The average molecular weight is 644 g/mol. The summed E-state index contributed by atoms with van der Waals surface area (Å²) >= 11 is 0. The van der Waals surface area contributed by atoms with Crippen molar-refractivity contribution < 1.29 is 22.7 Å². The third-order valence-corrected chi connectivity index (χ3v) is 10.2. The summed E-state index contributed by atoms with van der Waals surface area (Å²) in [6.45, 7) is 9.02. The molecule has 0 saturated carbocycles. The third-order valence-electron chi connectivity index (χ3n) is 8.22. The molecule has 3 aromatic carbocycles. The van der Waals surface area contributed by atoms with Gasteiger partial charge in [0.1, 0.15) is 5.82 Å². The van der Waals surface area contributed by atoms with Crippen LogP contribution in [0.15, 0.2) is 83.8 Å². The average Bonchev–Trinajstić information content (AvgIpc) is 3.46. The highest BCUT2D eigenvalue weighted by molar-refractivity contribution is 7.89. The second-order valence-corrected chi connectivity index (χ2v) is 14.6. The maximum Gasteiger partial charge on any atom is 0.339 e. The number of methoxy groups -OCH3 is 1. The van der Waals surface area contributed by atoms with Crippen molar-refractivity contribution in [3.05, 3.63) is 101 Å². The molecule has 10 nitrogen and oxygen atoms in total. The summed E-state index contributed by atoms with van der Waals surface area (Å²) in [4.78, 5) is 25.2. The fourth-order valence-electron chi connectivity index (χ4n) is 5.52. The van der Waals surface area contributed by atoms with Crippen molar-refractivity contribution >= 4 is 33.5 Å². The van der Waals surface area contributed by atoms with Gasteiger partial charge in [0.25, 0.3) is 0 Å². The number of piperidine rings is 1. The highest BCUT2D eigenvalue weighted by Crippen LogP contribution is 2.29. The zero-order valence-electron chi connectivity index (χ0n) is 26.9. The highest BCUT2D eigenvalue weighted by atomic mass is 32.2. The van der Waals surface area contributed by atoms with E-state index >= 15 is 0 Å². The van der Waals surface area contributed by atoms with Crippen molar-refractivity contribution in [3.8, 4) is 5.69 Å². The Balaban J connectivity index is 1.18. The number of esters is 1. The fourth-order valence-corrected chi connectivity index (χ4v) is 7.17. The van der Waals surface area contributed by atoms with Gasteiger partial charge >= 0.3 is 12.0 Å². The van der Waals surface area contributed by atoms with Crippen molar-refractivity contribution in [2.45, 2.75) is 57.3 Å². The molecule has 46 heavy (non-hydrogen) atoms. The molecule has 2 heterocycles. The zero-order valence-corrected chi connectivity index (χ0v) is 27.7. The van der Waals surface area contributed by atoms with E-state index in [0.29, 0.717) is 43.4 Å². The number of hydrogen-bond acceptors (Lipinski definition) is 6. The SMILES string of the molecule is COC(=O)c1ccccc1S(=O)(=O)N1CCC(Cc2ccc(NC(=O)Nc3cc(C(C)(C)C)nn3-c3ccc(C)cc3)cc2)CC1. The quantitative estimate of drug-likeness (QED) is 0.210. The lowest BCUT2D eigenvalue weighted by Gasteiger charge is -2.31. The van der Waals surface area contributed by atoms with Gasteiger partial charge in [-0.25, -0.2) is 22.7 Å². The Morgan fingerprint density at radius 1 is 0.935 bits per heavy atom. The standard InChI is InChI=1S/C35H41N5O5S/c1-24-10-16-28(17-11-24)40-32(23-31(38-40)35(2,3)4)37-34(42)36-27-14-12-25(13-15-27)22-26-18-20-39(21-19-26)46(43,44)30-9-7-6-8-29(30)33(41)45-5/h6-17,23,26H,18-22H2,1-5H3,(H2,36,37,42). The minimum absolute atomic E-state index is 0.0262. The first kappa shape index (κ1) is 32.9. The van der Waals surface area contributed by atoms with Crippen LogP contribution in [0.5, 0.6) is 0 Å². The topological polar surface area (TPSA) is 123 Å². The largest absolute Gasteiger partial charge is 0.465 e. The Kier molecular flexibility index (Phi) is 9.64. The van der Waals surface area contributed by atoms with E-state index in [2.05, 4.69) is 31.4 Å². The van der Waals surface area contributed by atoms with E-state index in [1.54, 1.807) is 16.8 Å². The summed E-state index contributed by atoms with van der Waals surface area (Å²) < 4.78 is 34.7. The van der Waals surface area contributed by atoms with E-state index in [-0.39, 0.29) is 21.9 Å². The Labute approximate surface area is 270 Å². The lowest BCUT2D eigenvalue weighted by atomic mass is 9.91. The molecule has 2 N–H and O–H groups in total. The molecule has 242 valence electrons. The lowest BCUT2D eigenvalue weighted by molar-refractivity contribution is 0.0596. The first-order valence-corrected chi connectivity index (χ1v) is 16.8. The lowest BCUT2D eigenvalue weighted by Crippen LogP contribution is -2.39. The van der Waals surface area contributed by atoms with Crippen LogP contribution in [0.4, 0.5) is 16.3 Å². The van der Waals surface area contributed by atoms with E-state index in [9.17, 15) is 18.0 Å². The number of urea groups is 1. The van der Waals surface area contributed by atoms with Crippen LogP contribution in [0.3, 0.4) is 0 Å². The Bertz CT molecular complexity index is 1800. The van der Waals surface area contributed by atoms with Crippen molar-refractivity contribution in [2.24, 2.45) is 5.92 Å². The molecule has 4 aromatic rings. The Hall–Kier alpha value is -4.48. The number of amides is 2. The smallest absolute Gasteiger partial charge is 0.339 e. The summed E-state index contributed by atoms with van der Waals surface area (Å²) in [6.07, 6.45) is 2.20. The number of carbonyl (C=O) groups excluding carboxylic acids is 2. The fraction of sp³-hybridized carbons (Fsp3) is 0.343. The zero-order chi connectivity index (χ0) is 33.1. The molecule has 0 bridgehead atoms. The first-order valence-electron chi connectivity index (χ1n) is 15.4. The number of hydrogen-bond donors (Lipinski definition) is 2. The highest BCUT2D eigenvalue weighted by Gasteiger charge is 2.32. The van der Waals surface area contributed by atoms with Crippen LogP contribution < -0.4 is 10.6 Å². The summed E-state index contributed by atoms with van der Waals surface area (Å²) in [5, 5.41) is 10.6. The molecule has 0 radical (unpaired) electrons. The van der Waals surface area contributed by atoms with Crippen molar-refractivity contribution in [3.63, 3.8) is 0 Å². The van der Waals surface area contributed by atoms with Gasteiger partial charge in [-0.05, 0) is 74.1 Å². The number of benzene rings is 3. The van der Waals surface area contributed by atoms with Crippen LogP contribution in [-0.2, 0) is 26.6 Å². The van der Waals surface area contributed by atoms with Crippen LogP contribution in [0.2, 0.25) is 0 Å². The van der Waals surface area contributed by atoms with Crippen LogP contribution in [0.1, 0.15) is 60.8 Å². The molecule has 1 saturated heterocycles. The van der Waals surface area contributed by atoms with Crippen molar-refractivity contribution in [1.82, 2.24) is 14.1 Å². The third kappa shape index (κ3) is 7.48. The number of rotatable bonds is 8. The number of nitrogens with zero attached hydrogens (tertiary/aromatic N) is 3. The van der Waals surface area contributed by atoms with Gasteiger partial charge in [0.2, 0.25) is 10.0 Å². The summed E-state index contributed by atoms with van der Waals surface area (Å²) in [5.41, 5.74) is 4.47. The van der Waals surface area contributed by atoms with Crippen molar-refractivity contribution in [2.75, 3.05) is 30.8 Å². The minimum atomic E-state index is -3.83. The predicted octanol–water partition coefficient (Wildman–Crippen LogP) is 6.55. The number of nitrogens with one attached hydrogen (secondary N) is 2. The second-order valence-electron chi connectivity index (χ2n) is 12.7. The van der Waals surface area contributed by atoms with Gasteiger partial charge < -0.3 is 10.1 Å². The molecule has 0 atom stereocenters. The number of aryl methyl sites for hydroxylation is 1. The van der Waals surface area contributed by atoms with Crippen LogP contribution in [0.25, 0.3) is 5.69 Å². The Morgan fingerprint density at radius 3 is 2.22 bits per heavy atom. The Morgan fingerprint density at radius 2 is 1.59 bits per heavy atom. The van der Waals surface area contributed by atoms with Gasteiger partial charge in [-0.1, -0.05) is 62.7 Å². The van der Waals surface area contributed by atoms with Gasteiger partial charge in [-0.3, -0.25) is 5.32 Å². The molecule has 0 aliphatic carbocycles. The van der Waals surface area contributed by atoms with E-state index < -0.39 is 16.0 Å². The van der Waals surface area contributed by atoms with Gasteiger partial charge in [0.15, 0.2) is 0 Å². The van der Waals surface area contributed by atoms with Gasteiger partial charge in [0, 0.05) is 30.3 Å². The van der Waals surface area contributed by atoms with E-state index in [1.807, 2.05) is 61.5 Å². The molecule has 1 aliphatic rings. The minimum Gasteiger partial charge on any atom is -0.465 e. The van der Waals surface area contributed by atoms with E-state index in [1.165, 1.54) is 23.5 Å². The number of anilines is 2. The maximum atomic E-state index is 13.4. The summed E-state index contributed by atoms with van der Waals surface area (Å²) in [5.74, 6) is 0.210. The molecule has 1 aliphatic heterocycles. The van der Waals surface area contributed by atoms with Gasteiger partial charge in [-0.15, -0.1) is 0 Å². The van der Waals surface area contributed by atoms with Gasteiger partial charge in [-0.2, -0.15) is 9.40 Å². The number of carbonyl (C=O) groups is 2. The predicted molar refractivity (Wildman–Crippen MR) is 179 cm³/mol. The molecule has 11 heteroatoms. The van der Waals surface area contributed by atoms with E-state index in [0.717, 1.165) is 28.9 Å².